The fraction of sp³-hybridized carbons (Fsp3) is 0.158. The first kappa shape index (κ1) is 15.8. The molecule has 2 aromatic rings. The first-order valence-corrected chi connectivity index (χ1v) is 7.20. The lowest BCUT2D eigenvalue weighted by molar-refractivity contribution is 0.0885. The average Bonchev–Trinajstić information content (AvgIpc) is 2.80. The number of ketones is 2. The molecule has 1 atom stereocenters. The standard InChI is InChI=1S/C19H13FO4/c1-3-5-10-8-12(20)16(14(9-10)24-2)17-18(22)11-6-4-7-13(21)15(11)19(17)23/h4,6-9,17,21H,1-2H3. The van der Waals surface area contributed by atoms with Crippen molar-refractivity contribution < 1.29 is 23.8 Å². The van der Waals surface area contributed by atoms with Crippen molar-refractivity contribution in [1.82, 2.24) is 0 Å². The molecule has 1 unspecified atom stereocenters. The molecule has 0 saturated heterocycles. The summed E-state index contributed by atoms with van der Waals surface area (Å²) in [6.07, 6.45) is 0. The molecule has 0 amide bonds. The number of hydrogen-bond donors (Lipinski definition) is 1. The van der Waals surface area contributed by atoms with Gasteiger partial charge in [-0.3, -0.25) is 9.59 Å². The van der Waals surface area contributed by atoms with E-state index in [-0.39, 0.29) is 28.2 Å². The predicted octanol–water partition coefficient (Wildman–Crippen LogP) is 3.07. The zero-order chi connectivity index (χ0) is 17.4. The van der Waals surface area contributed by atoms with E-state index in [0.717, 1.165) is 6.07 Å². The topological polar surface area (TPSA) is 63.6 Å². The van der Waals surface area contributed by atoms with E-state index in [9.17, 15) is 19.1 Å². The number of aromatic hydroxyl groups is 1. The Morgan fingerprint density at radius 2 is 1.96 bits per heavy atom. The molecule has 0 aliphatic heterocycles. The van der Waals surface area contributed by atoms with Crippen LogP contribution in [0.1, 0.15) is 44.7 Å². The van der Waals surface area contributed by atoms with E-state index < -0.39 is 23.3 Å². The normalized spacial score (nSPS) is 15.7. The molecule has 0 radical (unpaired) electrons. The fourth-order valence-corrected chi connectivity index (χ4v) is 2.94. The average molecular weight is 324 g/mol. The Kier molecular flexibility index (Phi) is 3.82. The Bertz CT molecular complexity index is 934. The minimum atomic E-state index is -1.37. The van der Waals surface area contributed by atoms with Crippen molar-refractivity contribution in [2.45, 2.75) is 12.8 Å². The van der Waals surface area contributed by atoms with Crippen LogP contribution >= 0.6 is 0 Å². The maximum atomic E-state index is 14.6. The van der Waals surface area contributed by atoms with Crippen LogP contribution in [-0.4, -0.2) is 23.8 Å². The lowest BCUT2D eigenvalue weighted by Gasteiger charge is -2.14. The van der Waals surface area contributed by atoms with Gasteiger partial charge in [0.2, 0.25) is 0 Å². The molecule has 1 aliphatic carbocycles. The van der Waals surface area contributed by atoms with Crippen molar-refractivity contribution in [1.29, 1.82) is 0 Å². The van der Waals surface area contributed by atoms with Gasteiger partial charge in [-0.2, -0.15) is 0 Å². The predicted molar refractivity (Wildman–Crippen MR) is 85.0 cm³/mol. The van der Waals surface area contributed by atoms with Crippen LogP contribution in [0.15, 0.2) is 30.3 Å². The molecule has 0 fully saturated rings. The van der Waals surface area contributed by atoms with Crippen LogP contribution in [0.25, 0.3) is 0 Å². The van der Waals surface area contributed by atoms with Crippen molar-refractivity contribution in [3.63, 3.8) is 0 Å². The first-order chi connectivity index (χ1) is 11.5. The van der Waals surface area contributed by atoms with Crippen molar-refractivity contribution in [3.05, 3.63) is 58.4 Å². The maximum Gasteiger partial charge on any atom is 0.182 e. The van der Waals surface area contributed by atoms with Gasteiger partial charge < -0.3 is 9.84 Å². The van der Waals surface area contributed by atoms with E-state index in [1.54, 1.807) is 6.92 Å². The highest BCUT2D eigenvalue weighted by Gasteiger charge is 2.44. The summed E-state index contributed by atoms with van der Waals surface area (Å²) in [4.78, 5) is 25.2. The molecular formula is C19H13FO4. The van der Waals surface area contributed by atoms with Gasteiger partial charge in [-0.1, -0.05) is 18.1 Å². The van der Waals surface area contributed by atoms with Crippen LogP contribution in [-0.2, 0) is 0 Å². The van der Waals surface area contributed by atoms with E-state index >= 15 is 0 Å². The third-order valence-electron chi connectivity index (χ3n) is 3.95. The number of benzene rings is 2. The summed E-state index contributed by atoms with van der Waals surface area (Å²) in [5.74, 6) is 1.84. The molecule has 5 heteroatoms. The second-order valence-electron chi connectivity index (χ2n) is 5.31. The highest BCUT2D eigenvalue weighted by Crippen LogP contribution is 2.42. The molecule has 120 valence electrons. The molecule has 0 spiro atoms. The zero-order valence-electron chi connectivity index (χ0n) is 13.0. The first-order valence-electron chi connectivity index (χ1n) is 7.20. The number of carbonyl (C=O) groups excluding carboxylic acids is 2. The van der Waals surface area contributed by atoms with E-state index in [0.29, 0.717) is 5.56 Å². The van der Waals surface area contributed by atoms with Crippen molar-refractivity contribution >= 4 is 11.6 Å². The molecule has 2 aromatic carbocycles. The van der Waals surface area contributed by atoms with E-state index in [1.807, 2.05) is 0 Å². The molecule has 1 N–H and O–H groups in total. The smallest absolute Gasteiger partial charge is 0.182 e. The van der Waals surface area contributed by atoms with Crippen molar-refractivity contribution in [2.75, 3.05) is 7.11 Å². The summed E-state index contributed by atoms with van der Waals surface area (Å²) in [6, 6.07) is 6.88. The highest BCUT2D eigenvalue weighted by atomic mass is 19.1. The van der Waals surface area contributed by atoms with Gasteiger partial charge in [0.25, 0.3) is 0 Å². The number of ether oxygens (including phenoxy) is 1. The quantitative estimate of drug-likeness (QED) is 0.681. The molecular weight excluding hydrogens is 311 g/mol. The third-order valence-corrected chi connectivity index (χ3v) is 3.95. The van der Waals surface area contributed by atoms with E-state index in [2.05, 4.69) is 11.8 Å². The van der Waals surface area contributed by atoms with Gasteiger partial charge in [0.1, 0.15) is 23.2 Å². The molecule has 4 nitrogen and oxygen atoms in total. The lowest BCUT2D eigenvalue weighted by Crippen LogP contribution is -2.16. The number of fused-ring (bicyclic) bond motifs is 1. The molecule has 3 rings (SSSR count). The number of methoxy groups -OCH3 is 1. The van der Waals surface area contributed by atoms with Crippen LogP contribution in [0.2, 0.25) is 0 Å². The maximum absolute atomic E-state index is 14.6. The number of halogens is 1. The van der Waals surface area contributed by atoms with Gasteiger partial charge in [0.05, 0.1) is 12.7 Å². The van der Waals surface area contributed by atoms with Crippen LogP contribution in [0.3, 0.4) is 0 Å². The summed E-state index contributed by atoms with van der Waals surface area (Å²) in [5.41, 5.74) is 0.258. The Morgan fingerprint density at radius 3 is 2.58 bits per heavy atom. The van der Waals surface area contributed by atoms with Gasteiger partial charge in [-0.25, -0.2) is 4.39 Å². The molecule has 24 heavy (non-hydrogen) atoms. The van der Waals surface area contributed by atoms with Crippen LogP contribution < -0.4 is 4.74 Å². The number of phenols is 1. The Labute approximate surface area is 137 Å². The lowest BCUT2D eigenvalue weighted by atomic mass is 9.91. The molecule has 0 aromatic heterocycles. The van der Waals surface area contributed by atoms with Crippen LogP contribution in [0.5, 0.6) is 11.5 Å². The minimum Gasteiger partial charge on any atom is -0.507 e. The number of phenolic OH excluding ortho intramolecular Hbond substituents is 1. The molecule has 1 aliphatic rings. The summed E-state index contributed by atoms with van der Waals surface area (Å²) in [6.45, 7) is 1.61. The van der Waals surface area contributed by atoms with E-state index in [4.69, 9.17) is 4.74 Å². The molecule has 0 heterocycles. The van der Waals surface area contributed by atoms with Crippen molar-refractivity contribution in [2.24, 2.45) is 0 Å². The Morgan fingerprint density at radius 1 is 1.21 bits per heavy atom. The fourth-order valence-electron chi connectivity index (χ4n) is 2.94. The summed E-state index contributed by atoms with van der Waals surface area (Å²) >= 11 is 0. The van der Waals surface area contributed by atoms with Gasteiger partial charge in [0, 0.05) is 16.7 Å². The Hall–Kier alpha value is -3.13. The summed E-state index contributed by atoms with van der Waals surface area (Å²) in [5, 5.41) is 9.88. The zero-order valence-corrected chi connectivity index (χ0v) is 13.0. The van der Waals surface area contributed by atoms with Gasteiger partial charge >= 0.3 is 0 Å². The monoisotopic (exact) mass is 324 g/mol. The Balaban J connectivity index is 2.20. The van der Waals surface area contributed by atoms with Gasteiger partial charge in [0.15, 0.2) is 11.6 Å². The number of hydrogen-bond acceptors (Lipinski definition) is 4. The third kappa shape index (κ3) is 2.24. The van der Waals surface area contributed by atoms with Crippen LogP contribution in [0.4, 0.5) is 4.39 Å². The second kappa shape index (κ2) is 5.82. The number of carbonyl (C=O) groups is 2. The van der Waals surface area contributed by atoms with Crippen molar-refractivity contribution in [3.8, 4) is 23.3 Å². The minimum absolute atomic E-state index is 0.0757. The molecule has 0 bridgehead atoms. The highest BCUT2D eigenvalue weighted by molar-refractivity contribution is 6.30. The summed E-state index contributed by atoms with van der Waals surface area (Å²) in [7, 11) is 1.33. The largest absolute Gasteiger partial charge is 0.507 e. The second-order valence-corrected chi connectivity index (χ2v) is 5.31. The van der Waals surface area contributed by atoms with Crippen LogP contribution in [0, 0.1) is 17.7 Å². The summed E-state index contributed by atoms with van der Waals surface area (Å²) < 4.78 is 19.8. The number of rotatable bonds is 2. The van der Waals surface area contributed by atoms with Gasteiger partial charge in [-0.15, -0.1) is 5.92 Å². The SMILES string of the molecule is CC#Cc1cc(F)c(C2C(=O)c3cccc(O)c3C2=O)c(OC)c1. The number of Topliss-reactive ketones (excluding diaryl/α,β-unsaturated/α-hetero) is 2. The molecule has 0 saturated carbocycles. The van der Waals surface area contributed by atoms with Gasteiger partial charge in [-0.05, 0) is 25.1 Å². The van der Waals surface area contributed by atoms with E-state index in [1.165, 1.54) is 31.4 Å².